The highest BCUT2D eigenvalue weighted by Gasteiger charge is 2.17. The number of nitrogens with zero attached hydrogens (tertiary/aromatic N) is 1. The maximum Gasteiger partial charge on any atom is 0.263 e. The number of aromatic amines is 2. The molecule has 0 amide bonds. The molecule has 5 rings (SSSR count). The average molecular weight is 423 g/mol. The van der Waals surface area contributed by atoms with Gasteiger partial charge in [0.25, 0.3) is 11.1 Å². The lowest BCUT2D eigenvalue weighted by atomic mass is 10.0. The number of fused-ring (bicyclic) bond motifs is 1. The monoisotopic (exact) mass is 423 g/mol. The van der Waals surface area contributed by atoms with Crippen molar-refractivity contribution in [1.82, 2.24) is 15.0 Å². The zero-order chi connectivity index (χ0) is 21.2. The van der Waals surface area contributed by atoms with Gasteiger partial charge in [0.15, 0.2) is 5.16 Å². The van der Waals surface area contributed by atoms with E-state index >= 15 is 0 Å². The van der Waals surface area contributed by atoms with Crippen LogP contribution in [0.2, 0.25) is 0 Å². The van der Waals surface area contributed by atoms with E-state index in [-0.39, 0.29) is 11.1 Å². The molecule has 0 bridgehead atoms. The van der Waals surface area contributed by atoms with Crippen LogP contribution in [0.25, 0.3) is 33.3 Å². The summed E-state index contributed by atoms with van der Waals surface area (Å²) in [6.07, 6.45) is 0. The van der Waals surface area contributed by atoms with Crippen LogP contribution in [-0.4, -0.2) is 15.0 Å². The fourth-order valence-corrected chi connectivity index (χ4v) is 4.51. The van der Waals surface area contributed by atoms with Crippen molar-refractivity contribution in [3.63, 3.8) is 0 Å². The zero-order valence-electron chi connectivity index (χ0n) is 16.3. The molecule has 0 radical (unpaired) electrons. The summed E-state index contributed by atoms with van der Waals surface area (Å²) in [6.45, 7) is 0. The lowest BCUT2D eigenvalue weighted by Gasteiger charge is -2.12. The normalized spacial score (nSPS) is 11.0. The molecule has 0 aliphatic heterocycles. The van der Waals surface area contributed by atoms with Gasteiger partial charge in [-0.15, -0.1) is 0 Å². The van der Waals surface area contributed by atoms with Gasteiger partial charge in [-0.25, -0.2) is 4.98 Å². The number of aromatic nitrogens is 3. The SMILES string of the molecule is O=c1cc(-c2ccccc2)nc(Sc2c(-c3ccccc3)c3ccccc3[nH]c2=O)[nH]1. The van der Waals surface area contributed by atoms with Crippen molar-refractivity contribution < 1.29 is 0 Å². The minimum Gasteiger partial charge on any atom is -0.321 e. The van der Waals surface area contributed by atoms with Crippen molar-refractivity contribution in [2.75, 3.05) is 0 Å². The second kappa shape index (κ2) is 8.08. The van der Waals surface area contributed by atoms with Crippen molar-refractivity contribution in [1.29, 1.82) is 0 Å². The lowest BCUT2D eigenvalue weighted by Crippen LogP contribution is -2.13. The van der Waals surface area contributed by atoms with Crippen LogP contribution in [0.3, 0.4) is 0 Å². The maximum absolute atomic E-state index is 13.1. The Balaban J connectivity index is 1.70. The van der Waals surface area contributed by atoms with Crippen LogP contribution in [-0.2, 0) is 0 Å². The molecule has 2 N–H and O–H groups in total. The van der Waals surface area contributed by atoms with Gasteiger partial charge in [-0.3, -0.25) is 9.59 Å². The van der Waals surface area contributed by atoms with Crippen LogP contribution in [0, 0.1) is 0 Å². The van der Waals surface area contributed by atoms with Gasteiger partial charge in [0, 0.05) is 28.1 Å². The Morgan fingerprint density at radius 3 is 2.10 bits per heavy atom. The largest absolute Gasteiger partial charge is 0.321 e. The van der Waals surface area contributed by atoms with Crippen LogP contribution in [0.5, 0.6) is 0 Å². The second-order valence-electron chi connectivity index (χ2n) is 6.97. The highest BCUT2D eigenvalue weighted by molar-refractivity contribution is 7.99. The molecule has 0 unspecified atom stereocenters. The molecule has 150 valence electrons. The molecule has 3 aromatic carbocycles. The first-order chi connectivity index (χ1) is 15.2. The summed E-state index contributed by atoms with van der Waals surface area (Å²) in [6, 6.07) is 28.4. The van der Waals surface area contributed by atoms with Crippen LogP contribution in [0.1, 0.15) is 0 Å². The van der Waals surface area contributed by atoms with Gasteiger partial charge in [-0.05, 0) is 23.4 Å². The minimum atomic E-state index is -0.269. The minimum absolute atomic E-state index is 0.227. The van der Waals surface area contributed by atoms with E-state index < -0.39 is 0 Å². The number of hydrogen-bond acceptors (Lipinski definition) is 4. The molecule has 0 saturated carbocycles. The maximum atomic E-state index is 13.1. The van der Waals surface area contributed by atoms with E-state index in [0.717, 1.165) is 39.4 Å². The molecule has 0 aliphatic carbocycles. The molecule has 2 aromatic heterocycles. The molecule has 5 nitrogen and oxygen atoms in total. The van der Waals surface area contributed by atoms with Crippen molar-refractivity contribution >= 4 is 22.7 Å². The number of H-pyrrole nitrogens is 2. The molecule has 6 heteroatoms. The first kappa shape index (κ1) is 19.1. The predicted molar refractivity (Wildman–Crippen MR) is 124 cm³/mol. The van der Waals surface area contributed by atoms with Crippen molar-refractivity contribution in [2.45, 2.75) is 10.1 Å². The van der Waals surface area contributed by atoms with Crippen LogP contribution in [0.15, 0.2) is 111 Å². The van der Waals surface area contributed by atoms with E-state index in [1.165, 1.54) is 6.07 Å². The van der Waals surface area contributed by atoms with Crippen LogP contribution >= 0.6 is 11.8 Å². The quantitative estimate of drug-likeness (QED) is 0.394. The van der Waals surface area contributed by atoms with Gasteiger partial charge >= 0.3 is 0 Å². The molecular formula is C25H17N3O2S. The van der Waals surface area contributed by atoms with Gasteiger partial charge < -0.3 is 9.97 Å². The molecular weight excluding hydrogens is 406 g/mol. The molecule has 2 heterocycles. The van der Waals surface area contributed by atoms with Crippen LogP contribution in [0.4, 0.5) is 0 Å². The van der Waals surface area contributed by atoms with Crippen molar-refractivity contribution in [3.05, 3.63) is 112 Å². The van der Waals surface area contributed by atoms with Gasteiger partial charge in [0.1, 0.15) is 0 Å². The van der Waals surface area contributed by atoms with E-state index in [2.05, 4.69) is 15.0 Å². The Labute approximate surface area is 181 Å². The third-order valence-electron chi connectivity index (χ3n) is 4.93. The summed E-state index contributed by atoms with van der Waals surface area (Å²) in [5.41, 5.74) is 3.41. The molecule has 0 saturated heterocycles. The van der Waals surface area contributed by atoms with Crippen LogP contribution < -0.4 is 11.1 Å². The zero-order valence-corrected chi connectivity index (χ0v) is 17.1. The Hall–Kier alpha value is -3.90. The predicted octanol–water partition coefficient (Wildman–Crippen LogP) is 5.10. The molecule has 0 aliphatic rings. The van der Waals surface area contributed by atoms with E-state index in [4.69, 9.17) is 0 Å². The fraction of sp³-hybridized carbons (Fsp3) is 0. The molecule has 0 spiro atoms. The third kappa shape index (κ3) is 3.81. The standard InChI is InChI=1S/C25H17N3O2S/c29-21-15-20(16-9-3-1-4-10-16)27-25(28-21)31-23-22(17-11-5-2-6-12-17)18-13-7-8-14-19(18)26-24(23)30/h1-15H,(H,26,30)(H,27,28,29). The highest BCUT2D eigenvalue weighted by atomic mass is 32.2. The Kier molecular flexibility index (Phi) is 4.98. The van der Waals surface area contributed by atoms with Gasteiger partial charge in [-0.2, -0.15) is 0 Å². The number of rotatable bonds is 4. The summed E-state index contributed by atoms with van der Waals surface area (Å²) in [5, 5.41) is 1.29. The van der Waals surface area contributed by atoms with E-state index in [0.29, 0.717) is 15.7 Å². The first-order valence-electron chi connectivity index (χ1n) is 9.74. The Morgan fingerprint density at radius 2 is 1.35 bits per heavy atom. The Morgan fingerprint density at radius 1 is 0.710 bits per heavy atom. The first-order valence-corrected chi connectivity index (χ1v) is 10.6. The molecule has 5 aromatic rings. The van der Waals surface area contributed by atoms with Crippen molar-refractivity contribution in [3.8, 4) is 22.4 Å². The summed E-state index contributed by atoms with van der Waals surface area (Å²) in [4.78, 5) is 36.2. The summed E-state index contributed by atoms with van der Waals surface area (Å²) in [7, 11) is 0. The average Bonchev–Trinajstić information content (AvgIpc) is 2.80. The summed E-state index contributed by atoms with van der Waals surface area (Å²) in [5.74, 6) is 0. The molecule has 0 atom stereocenters. The lowest BCUT2D eigenvalue weighted by molar-refractivity contribution is 0.941. The molecule has 0 fully saturated rings. The summed E-state index contributed by atoms with van der Waals surface area (Å²) < 4.78 is 0. The number of hydrogen-bond donors (Lipinski definition) is 2. The Bertz CT molecular complexity index is 1490. The smallest absolute Gasteiger partial charge is 0.263 e. The number of benzene rings is 3. The van der Waals surface area contributed by atoms with Gasteiger partial charge in [0.05, 0.1) is 10.6 Å². The van der Waals surface area contributed by atoms with Gasteiger partial charge in [-0.1, -0.05) is 78.9 Å². The van der Waals surface area contributed by atoms with E-state index in [9.17, 15) is 9.59 Å². The number of para-hydroxylation sites is 1. The van der Waals surface area contributed by atoms with E-state index in [1.807, 2.05) is 84.9 Å². The van der Waals surface area contributed by atoms with E-state index in [1.54, 1.807) is 0 Å². The fourth-order valence-electron chi connectivity index (χ4n) is 3.55. The topological polar surface area (TPSA) is 78.6 Å². The van der Waals surface area contributed by atoms with Gasteiger partial charge in [0.2, 0.25) is 0 Å². The highest BCUT2D eigenvalue weighted by Crippen LogP contribution is 2.36. The number of nitrogens with one attached hydrogen (secondary N) is 2. The molecule has 31 heavy (non-hydrogen) atoms. The van der Waals surface area contributed by atoms with Crippen molar-refractivity contribution in [2.24, 2.45) is 0 Å². The summed E-state index contributed by atoms with van der Waals surface area (Å²) >= 11 is 1.16. The third-order valence-corrected chi connectivity index (χ3v) is 5.91. The number of pyridine rings is 1. The second-order valence-corrected chi connectivity index (χ2v) is 7.97.